The molecule has 0 aliphatic rings. The number of nitrogens with zero attached hydrogens (tertiary/aromatic N) is 1. The van der Waals surface area contributed by atoms with Gasteiger partial charge in [0, 0.05) is 22.7 Å². The van der Waals surface area contributed by atoms with Gasteiger partial charge in [0.2, 0.25) is 0 Å². The first-order chi connectivity index (χ1) is 8.20. The second-order valence-electron chi connectivity index (χ2n) is 3.56. The number of ether oxygens (including phenoxy) is 1. The first-order valence-corrected chi connectivity index (χ1v) is 6.99. The summed E-state index contributed by atoms with van der Waals surface area (Å²) in [7, 11) is 0. The number of carbonyl (C=O) groups is 1. The second kappa shape index (κ2) is 5.60. The molecule has 0 bridgehead atoms. The average Bonchev–Trinajstić information content (AvgIpc) is 2.71. The molecule has 0 aromatic carbocycles. The predicted molar refractivity (Wildman–Crippen MR) is 72.3 cm³/mol. The molecule has 0 saturated carbocycles. The number of pyridine rings is 1. The molecule has 2 heterocycles. The molecule has 0 spiro atoms. The Balaban J connectivity index is 2.10. The Hall–Kier alpha value is -0.940. The Morgan fingerprint density at radius 1 is 1.53 bits per heavy atom. The maximum Gasteiger partial charge on any atom is 0.306 e. The number of carbonyl (C=O) groups excluding carboxylic acids is 1. The zero-order valence-electron chi connectivity index (χ0n) is 9.40. The largest absolute Gasteiger partial charge is 0.466 e. The number of hydrogen-bond donors (Lipinski definition) is 0. The summed E-state index contributed by atoms with van der Waals surface area (Å²) in [4.78, 5) is 16.6. The molecule has 17 heavy (non-hydrogen) atoms. The first kappa shape index (κ1) is 12.5. The van der Waals surface area contributed by atoms with Crippen LogP contribution in [0.4, 0.5) is 0 Å². The van der Waals surface area contributed by atoms with Gasteiger partial charge in [-0.1, -0.05) is 0 Å². The van der Waals surface area contributed by atoms with E-state index in [0.29, 0.717) is 13.0 Å². The number of aryl methyl sites for hydroxylation is 1. The molecular formula is C12H12BrNO2S. The molecule has 0 unspecified atom stereocenters. The van der Waals surface area contributed by atoms with Crippen molar-refractivity contribution in [2.24, 2.45) is 0 Å². The van der Waals surface area contributed by atoms with Gasteiger partial charge in [-0.05, 0) is 35.3 Å². The number of thiophene rings is 1. The molecule has 0 aliphatic carbocycles. The van der Waals surface area contributed by atoms with Crippen molar-refractivity contribution in [2.45, 2.75) is 19.8 Å². The Kier molecular flexibility index (Phi) is 4.12. The van der Waals surface area contributed by atoms with Crippen molar-refractivity contribution in [3.8, 4) is 0 Å². The molecule has 0 N–H and O–H groups in total. The van der Waals surface area contributed by atoms with Crippen molar-refractivity contribution in [1.82, 2.24) is 4.98 Å². The minimum absolute atomic E-state index is 0.137. The third kappa shape index (κ3) is 3.04. The van der Waals surface area contributed by atoms with E-state index in [2.05, 4.69) is 27.0 Å². The van der Waals surface area contributed by atoms with E-state index in [9.17, 15) is 4.79 Å². The van der Waals surface area contributed by atoms with Gasteiger partial charge in [0.1, 0.15) is 0 Å². The molecule has 90 valence electrons. The summed E-state index contributed by atoms with van der Waals surface area (Å²) >= 11 is 5.16. The van der Waals surface area contributed by atoms with E-state index in [0.717, 1.165) is 16.3 Å². The van der Waals surface area contributed by atoms with E-state index in [1.807, 2.05) is 13.1 Å². The topological polar surface area (TPSA) is 39.2 Å². The highest BCUT2D eigenvalue weighted by atomic mass is 79.9. The van der Waals surface area contributed by atoms with Crippen LogP contribution >= 0.6 is 27.3 Å². The molecular weight excluding hydrogens is 302 g/mol. The quantitative estimate of drug-likeness (QED) is 0.810. The summed E-state index contributed by atoms with van der Waals surface area (Å²) in [6.45, 7) is 2.26. The Bertz CT molecular complexity index is 538. The molecule has 5 heteroatoms. The van der Waals surface area contributed by atoms with E-state index in [1.54, 1.807) is 17.5 Å². The monoisotopic (exact) mass is 313 g/mol. The van der Waals surface area contributed by atoms with Crippen LogP contribution in [0.15, 0.2) is 22.9 Å². The maximum absolute atomic E-state index is 11.3. The van der Waals surface area contributed by atoms with Crippen molar-refractivity contribution in [2.75, 3.05) is 6.61 Å². The van der Waals surface area contributed by atoms with Crippen LogP contribution < -0.4 is 0 Å². The molecule has 0 radical (unpaired) electrons. The molecule has 0 amide bonds. The van der Waals surface area contributed by atoms with Gasteiger partial charge >= 0.3 is 5.97 Å². The smallest absolute Gasteiger partial charge is 0.306 e. The normalized spacial score (nSPS) is 10.7. The van der Waals surface area contributed by atoms with Crippen LogP contribution in [0.3, 0.4) is 0 Å². The number of aromatic nitrogens is 1. The zero-order chi connectivity index (χ0) is 12.3. The number of halogens is 1. The van der Waals surface area contributed by atoms with E-state index in [4.69, 9.17) is 4.74 Å². The summed E-state index contributed by atoms with van der Waals surface area (Å²) in [6, 6.07) is 2.08. The van der Waals surface area contributed by atoms with Crippen molar-refractivity contribution in [1.29, 1.82) is 0 Å². The van der Waals surface area contributed by atoms with Gasteiger partial charge in [-0.2, -0.15) is 0 Å². The lowest BCUT2D eigenvalue weighted by Gasteiger charge is -1.99. The van der Waals surface area contributed by atoms with Gasteiger partial charge in [-0.15, -0.1) is 11.3 Å². The second-order valence-corrected chi connectivity index (χ2v) is 5.55. The standard InChI is InChI=1S/C12H12BrNO2S/c1-2-16-11(15)4-3-9-5-8-6-14-7-10(13)12(8)17-9/h5-7H,2-4H2,1H3. The predicted octanol–water partition coefficient (Wildman–Crippen LogP) is 3.55. The van der Waals surface area contributed by atoms with Gasteiger partial charge in [0.15, 0.2) is 0 Å². The zero-order valence-corrected chi connectivity index (χ0v) is 11.8. The summed E-state index contributed by atoms with van der Waals surface area (Å²) in [5.74, 6) is -0.137. The fourth-order valence-electron chi connectivity index (χ4n) is 1.56. The lowest BCUT2D eigenvalue weighted by molar-refractivity contribution is -0.143. The molecule has 0 fully saturated rings. The van der Waals surface area contributed by atoms with Crippen molar-refractivity contribution >= 4 is 43.3 Å². The molecule has 0 saturated heterocycles. The van der Waals surface area contributed by atoms with Crippen LogP contribution in [0.25, 0.3) is 10.1 Å². The van der Waals surface area contributed by atoms with Gasteiger partial charge in [-0.25, -0.2) is 0 Å². The Labute approximate surface area is 112 Å². The highest BCUT2D eigenvalue weighted by Crippen LogP contribution is 2.31. The van der Waals surface area contributed by atoms with Gasteiger partial charge in [0.25, 0.3) is 0 Å². The van der Waals surface area contributed by atoms with E-state index < -0.39 is 0 Å². The van der Waals surface area contributed by atoms with Crippen molar-refractivity contribution in [3.05, 3.63) is 27.8 Å². The summed E-state index contributed by atoms with van der Waals surface area (Å²) in [6.07, 6.45) is 4.79. The van der Waals surface area contributed by atoms with Gasteiger partial charge in [0.05, 0.1) is 22.2 Å². The maximum atomic E-state index is 11.3. The van der Waals surface area contributed by atoms with Gasteiger partial charge in [-0.3, -0.25) is 9.78 Å². The third-order valence-electron chi connectivity index (χ3n) is 2.31. The Morgan fingerprint density at radius 3 is 3.06 bits per heavy atom. The van der Waals surface area contributed by atoms with E-state index >= 15 is 0 Å². The van der Waals surface area contributed by atoms with E-state index in [1.165, 1.54) is 9.58 Å². The fourth-order valence-corrected chi connectivity index (χ4v) is 3.19. The third-order valence-corrected chi connectivity index (χ3v) is 4.42. The molecule has 2 aromatic rings. The van der Waals surface area contributed by atoms with E-state index in [-0.39, 0.29) is 5.97 Å². The molecule has 2 aromatic heterocycles. The van der Waals surface area contributed by atoms with Crippen LogP contribution in [-0.2, 0) is 16.0 Å². The highest BCUT2D eigenvalue weighted by Gasteiger charge is 2.08. The average molecular weight is 314 g/mol. The highest BCUT2D eigenvalue weighted by molar-refractivity contribution is 9.10. The number of fused-ring (bicyclic) bond motifs is 1. The summed E-state index contributed by atoms with van der Waals surface area (Å²) in [5, 5.41) is 1.11. The molecule has 2 rings (SSSR count). The van der Waals surface area contributed by atoms with Crippen molar-refractivity contribution < 1.29 is 9.53 Å². The lowest BCUT2D eigenvalue weighted by Crippen LogP contribution is -2.04. The Morgan fingerprint density at radius 2 is 2.35 bits per heavy atom. The number of rotatable bonds is 4. The van der Waals surface area contributed by atoms with Crippen LogP contribution in [0, 0.1) is 0 Å². The first-order valence-electron chi connectivity index (χ1n) is 5.38. The van der Waals surface area contributed by atoms with Crippen LogP contribution in [-0.4, -0.2) is 17.6 Å². The van der Waals surface area contributed by atoms with Crippen LogP contribution in [0.2, 0.25) is 0 Å². The molecule has 3 nitrogen and oxygen atoms in total. The van der Waals surface area contributed by atoms with Crippen LogP contribution in [0.5, 0.6) is 0 Å². The fraction of sp³-hybridized carbons (Fsp3) is 0.333. The molecule has 0 atom stereocenters. The van der Waals surface area contributed by atoms with Crippen molar-refractivity contribution in [3.63, 3.8) is 0 Å². The van der Waals surface area contributed by atoms with Crippen LogP contribution in [0.1, 0.15) is 18.2 Å². The minimum Gasteiger partial charge on any atom is -0.466 e. The summed E-state index contributed by atoms with van der Waals surface area (Å²) < 4.78 is 7.09. The number of esters is 1. The number of hydrogen-bond acceptors (Lipinski definition) is 4. The SMILES string of the molecule is CCOC(=O)CCc1cc2cncc(Br)c2s1. The van der Waals surface area contributed by atoms with Gasteiger partial charge < -0.3 is 4.74 Å². The lowest BCUT2D eigenvalue weighted by atomic mass is 10.2. The summed E-state index contributed by atoms with van der Waals surface area (Å²) in [5.41, 5.74) is 0. The molecule has 0 aliphatic heterocycles. The minimum atomic E-state index is -0.137.